The van der Waals surface area contributed by atoms with Gasteiger partial charge in [-0.2, -0.15) is 0 Å². The third kappa shape index (κ3) is 2.93. The van der Waals surface area contributed by atoms with E-state index in [0.29, 0.717) is 17.4 Å². The van der Waals surface area contributed by atoms with Crippen LogP contribution in [0.25, 0.3) is 0 Å². The molecular formula is C14H23N. The lowest BCUT2D eigenvalue weighted by atomic mass is 9.80. The summed E-state index contributed by atoms with van der Waals surface area (Å²) in [4.78, 5) is 4.63. The number of allylic oxidation sites excluding steroid dienone is 1. The maximum Gasteiger partial charge on any atom is 0.0562 e. The first-order chi connectivity index (χ1) is 7.17. The summed E-state index contributed by atoms with van der Waals surface area (Å²) in [6, 6.07) is 0.587. The summed E-state index contributed by atoms with van der Waals surface area (Å²) in [5.41, 5.74) is 0.546. The molecule has 0 saturated heterocycles. The van der Waals surface area contributed by atoms with E-state index in [0.717, 1.165) is 0 Å². The lowest BCUT2D eigenvalue weighted by Crippen LogP contribution is -2.20. The van der Waals surface area contributed by atoms with Crippen LogP contribution < -0.4 is 0 Å². The SMILES string of the molecule is CC1(C)CCCCC2N=CC=CC2CC1. The third-order valence-corrected chi connectivity index (χ3v) is 3.97. The third-order valence-electron chi connectivity index (χ3n) is 3.97. The van der Waals surface area contributed by atoms with Crippen molar-refractivity contribution in [3.05, 3.63) is 12.2 Å². The van der Waals surface area contributed by atoms with E-state index in [1.54, 1.807) is 0 Å². The van der Waals surface area contributed by atoms with Crippen LogP contribution in [-0.2, 0) is 0 Å². The molecule has 15 heavy (non-hydrogen) atoms. The highest BCUT2D eigenvalue weighted by molar-refractivity contribution is 5.72. The van der Waals surface area contributed by atoms with E-state index in [-0.39, 0.29) is 0 Å². The fourth-order valence-corrected chi connectivity index (χ4v) is 2.81. The van der Waals surface area contributed by atoms with E-state index in [1.807, 2.05) is 6.21 Å². The van der Waals surface area contributed by atoms with Crippen LogP contribution >= 0.6 is 0 Å². The predicted octanol–water partition coefficient (Wildman–Crippen LogP) is 3.99. The molecule has 0 spiro atoms. The Morgan fingerprint density at radius 2 is 2.00 bits per heavy atom. The molecule has 1 heterocycles. The van der Waals surface area contributed by atoms with Gasteiger partial charge in [-0.1, -0.05) is 32.8 Å². The zero-order valence-electron chi connectivity index (χ0n) is 10.1. The average Bonchev–Trinajstić information content (AvgIpc) is 2.29. The smallest absolute Gasteiger partial charge is 0.0562 e. The molecule has 2 aliphatic rings. The normalized spacial score (nSPS) is 35.1. The molecular weight excluding hydrogens is 182 g/mol. The number of dihydropyridines is 1. The Labute approximate surface area is 93.7 Å². The Morgan fingerprint density at radius 1 is 1.13 bits per heavy atom. The van der Waals surface area contributed by atoms with Crippen LogP contribution in [0.2, 0.25) is 0 Å². The molecule has 0 bridgehead atoms. The van der Waals surface area contributed by atoms with Gasteiger partial charge in [-0.05, 0) is 43.1 Å². The van der Waals surface area contributed by atoms with Gasteiger partial charge in [0.05, 0.1) is 6.04 Å². The van der Waals surface area contributed by atoms with Gasteiger partial charge in [0.2, 0.25) is 0 Å². The lowest BCUT2D eigenvalue weighted by Gasteiger charge is -2.26. The lowest BCUT2D eigenvalue weighted by molar-refractivity contribution is 0.281. The van der Waals surface area contributed by atoms with E-state index in [1.165, 1.54) is 38.5 Å². The summed E-state index contributed by atoms with van der Waals surface area (Å²) < 4.78 is 0. The topological polar surface area (TPSA) is 12.4 Å². The monoisotopic (exact) mass is 205 g/mol. The van der Waals surface area contributed by atoms with Crippen molar-refractivity contribution in [1.29, 1.82) is 0 Å². The van der Waals surface area contributed by atoms with Crippen molar-refractivity contribution in [1.82, 2.24) is 0 Å². The molecule has 1 aliphatic carbocycles. The number of fused-ring (bicyclic) bond motifs is 1. The quantitative estimate of drug-likeness (QED) is 0.567. The highest BCUT2D eigenvalue weighted by atomic mass is 14.8. The van der Waals surface area contributed by atoms with Crippen molar-refractivity contribution in [2.45, 2.75) is 58.4 Å². The summed E-state index contributed by atoms with van der Waals surface area (Å²) in [7, 11) is 0. The Balaban J connectivity index is 2.03. The predicted molar refractivity (Wildman–Crippen MR) is 66.4 cm³/mol. The average molecular weight is 205 g/mol. The van der Waals surface area contributed by atoms with Crippen LogP contribution in [0.1, 0.15) is 52.4 Å². The molecule has 1 fully saturated rings. The van der Waals surface area contributed by atoms with Gasteiger partial charge < -0.3 is 0 Å². The van der Waals surface area contributed by atoms with Crippen molar-refractivity contribution in [3.8, 4) is 0 Å². The molecule has 2 atom stereocenters. The maximum atomic E-state index is 4.63. The van der Waals surface area contributed by atoms with Gasteiger partial charge in [-0.3, -0.25) is 4.99 Å². The van der Waals surface area contributed by atoms with Crippen LogP contribution in [0, 0.1) is 11.3 Å². The minimum Gasteiger partial charge on any atom is -0.289 e. The van der Waals surface area contributed by atoms with E-state index in [2.05, 4.69) is 31.0 Å². The number of rotatable bonds is 0. The second-order valence-electron chi connectivity index (χ2n) is 5.86. The van der Waals surface area contributed by atoms with Crippen LogP contribution in [0.5, 0.6) is 0 Å². The number of hydrogen-bond donors (Lipinski definition) is 0. The first-order valence-corrected chi connectivity index (χ1v) is 6.37. The van der Waals surface area contributed by atoms with Crippen molar-refractivity contribution in [2.75, 3.05) is 0 Å². The number of hydrogen-bond acceptors (Lipinski definition) is 1. The molecule has 0 N–H and O–H groups in total. The summed E-state index contributed by atoms with van der Waals surface area (Å²) in [6.45, 7) is 4.84. The standard InChI is InChI=1S/C14H23N/c1-14(2)9-4-3-7-13-12(8-10-14)6-5-11-15-13/h5-6,11-13H,3-4,7-10H2,1-2H3. The molecule has 1 nitrogen and oxygen atoms in total. The highest BCUT2D eigenvalue weighted by Gasteiger charge is 2.26. The van der Waals surface area contributed by atoms with E-state index < -0.39 is 0 Å². The minimum atomic E-state index is 0.546. The van der Waals surface area contributed by atoms with E-state index >= 15 is 0 Å². The summed E-state index contributed by atoms with van der Waals surface area (Å²) in [6.07, 6.45) is 14.6. The van der Waals surface area contributed by atoms with Gasteiger partial charge in [0.15, 0.2) is 0 Å². The Morgan fingerprint density at radius 3 is 2.87 bits per heavy atom. The molecule has 0 amide bonds. The molecule has 2 rings (SSSR count). The van der Waals surface area contributed by atoms with Gasteiger partial charge in [0.1, 0.15) is 0 Å². The first-order valence-electron chi connectivity index (χ1n) is 6.37. The zero-order chi connectivity index (χ0) is 10.7. The van der Waals surface area contributed by atoms with Gasteiger partial charge in [-0.25, -0.2) is 0 Å². The van der Waals surface area contributed by atoms with Crippen molar-refractivity contribution >= 4 is 6.21 Å². The summed E-state index contributed by atoms with van der Waals surface area (Å²) in [5.74, 6) is 0.715. The molecule has 1 aliphatic heterocycles. The zero-order valence-corrected chi connectivity index (χ0v) is 10.1. The van der Waals surface area contributed by atoms with Gasteiger partial charge >= 0.3 is 0 Å². The Hall–Kier alpha value is -0.590. The summed E-state index contributed by atoms with van der Waals surface area (Å²) in [5, 5.41) is 0. The number of nitrogens with zero attached hydrogens (tertiary/aromatic N) is 1. The fraction of sp³-hybridized carbons (Fsp3) is 0.786. The van der Waals surface area contributed by atoms with Crippen LogP contribution in [-0.4, -0.2) is 12.3 Å². The molecule has 2 unspecified atom stereocenters. The highest BCUT2D eigenvalue weighted by Crippen LogP contribution is 2.35. The Kier molecular flexibility index (Phi) is 3.28. The van der Waals surface area contributed by atoms with Gasteiger partial charge in [0, 0.05) is 6.21 Å². The second-order valence-corrected chi connectivity index (χ2v) is 5.86. The van der Waals surface area contributed by atoms with E-state index in [4.69, 9.17) is 0 Å². The largest absolute Gasteiger partial charge is 0.289 e. The molecule has 1 saturated carbocycles. The molecule has 1 heteroatoms. The molecule has 0 aromatic rings. The Bertz CT molecular complexity index is 263. The van der Waals surface area contributed by atoms with Crippen molar-refractivity contribution in [3.63, 3.8) is 0 Å². The minimum absolute atomic E-state index is 0.546. The molecule has 84 valence electrons. The maximum absolute atomic E-state index is 4.63. The van der Waals surface area contributed by atoms with Crippen LogP contribution in [0.15, 0.2) is 17.1 Å². The molecule has 0 radical (unpaired) electrons. The van der Waals surface area contributed by atoms with E-state index in [9.17, 15) is 0 Å². The number of aliphatic imine (C=N–C) groups is 1. The first kappa shape index (κ1) is 10.9. The summed E-state index contributed by atoms with van der Waals surface area (Å²) >= 11 is 0. The van der Waals surface area contributed by atoms with Gasteiger partial charge in [-0.15, -0.1) is 0 Å². The van der Waals surface area contributed by atoms with Gasteiger partial charge in [0.25, 0.3) is 0 Å². The molecule has 0 aromatic carbocycles. The van der Waals surface area contributed by atoms with Crippen molar-refractivity contribution < 1.29 is 0 Å². The fourth-order valence-electron chi connectivity index (χ4n) is 2.81. The second kappa shape index (κ2) is 4.51. The molecule has 0 aromatic heterocycles. The van der Waals surface area contributed by atoms with Crippen LogP contribution in [0.3, 0.4) is 0 Å². The van der Waals surface area contributed by atoms with Crippen LogP contribution in [0.4, 0.5) is 0 Å². The van der Waals surface area contributed by atoms with Crippen molar-refractivity contribution in [2.24, 2.45) is 16.3 Å².